The molecule has 0 spiro atoms. The summed E-state index contributed by atoms with van der Waals surface area (Å²) >= 11 is 0. The standard InChI is InChI=1S/C21H26N2O4/c1-14-6-7-17(12-15(14)2)22-21(25)10-11-23(16(3)24)19-9-8-18(26-4)13-20(19)27-5/h6-9,12-13H,10-11H2,1-5H3,(H,22,25). The molecule has 0 saturated carbocycles. The molecule has 0 fully saturated rings. The van der Waals surface area contributed by atoms with Gasteiger partial charge in [0.25, 0.3) is 0 Å². The lowest BCUT2D eigenvalue weighted by atomic mass is 10.1. The molecule has 0 aliphatic carbocycles. The van der Waals surface area contributed by atoms with E-state index in [2.05, 4.69) is 5.32 Å². The molecule has 0 unspecified atom stereocenters. The molecule has 0 aliphatic heterocycles. The van der Waals surface area contributed by atoms with Crippen molar-refractivity contribution in [3.8, 4) is 11.5 Å². The Labute approximate surface area is 160 Å². The van der Waals surface area contributed by atoms with Crippen molar-refractivity contribution < 1.29 is 19.1 Å². The maximum atomic E-state index is 12.3. The number of ether oxygens (including phenoxy) is 2. The summed E-state index contributed by atoms with van der Waals surface area (Å²) in [6, 6.07) is 11.0. The topological polar surface area (TPSA) is 67.9 Å². The first kappa shape index (κ1) is 20.3. The van der Waals surface area contributed by atoms with Gasteiger partial charge in [0.2, 0.25) is 11.8 Å². The smallest absolute Gasteiger partial charge is 0.226 e. The summed E-state index contributed by atoms with van der Waals surface area (Å²) in [7, 11) is 3.09. The third-order valence-corrected chi connectivity index (χ3v) is 4.41. The van der Waals surface area contributed by atoms with Gasteiger partial charge in [-0.1, -0.05) is 6.07 Å². The van der Waals surface area contributed by atoms with Crippen molar-refractivity contribution in [2.24, 2.45) is 0 Å². The Morgan fingerprint density at radius 2 is 1.74 bits per heavy atom. The van der Waals surface area contributed by atoms with Crippen LogP contribution in [0.15, 0.2) is 36.4 Å². The number of amides is 2. The number of hydrogen-bond donors (Lipinski definition) is 1. The van der Waals surface area contributed by atoms with Gasteiger partial charge in [0, 0.05) is 31.6 Å². The summed E-state index contributed by atoms with van der Waals surface area (Å²) in [6.07, 6.45) is 0.168. The molecule has 0 aromatic heterocycles. The second-order valence-corrected chi connectivity index (χ2v) is 6.31. The fourth-order valence-electron chi connectivity index (χ4n) is 2.71. The summed E-state index contributed by atoms with van der Waals surface area (Å²) < 4.78 is 10.6. The van der Waals surface area contributed by atoms with E-state index in [9.17, 15) is 9.59 Å². The van der Waals surface area contributed by atoms with Crippen molar-refractivity contribution in [3.63, 3.8) is 0 Å². The predicted octanol–water partition coefficient (Wildman–Crippen LogP) is 3.70. The molecule has 1 N–H and O–H groups in total. The average Bonchev–Trinajstić information content (AvgIpc) is 2.64. The van der Waals surface area contributed by atoms with Gasteiger partial charge < -0.3 is 19.7 Å². The lowest BCUT2D eigenvalue weighted by Crippen LogP contribution is -2.32. The predicted molar refractivity (Wildman–Crippen MR) is 107 cm³/mol. The van der Waals surface area contributed by atoms with Gasteiger partial charge in [-0.2, -0.15) is 0 Å². The zero-order valence-electron chi connectivity index (χ0n) is 16.5. The molecule has 2 aromatic rings. The van der Waals surface area contributed by atoms with Crippen LogP contribution in [0.25, 0.3) is 0 Å². The first-order valence-corrected chi connectivity index (χ1v) is 8.73. The molecular weight excluding hydrogens is 344 g/mol. The molecule has 0 radical (unpaired) electrons. The fraction of sp³-hybridized carbons (Fsp3) is 0.333. The quantitative estimate of drug-likeness (QED) is 0.807. The zero-order valence-corrected chi connectivity index (χ0v) is 16.5. The van der Waals surface area contributed by atoms with Crippen molar-refractivity contribution in [2.75, 3.05) is 31.0 Å². The summed E-state index contributed by atoms with van der Waals surface area (Å²) in [5.41, 5.74) is 3.63. The van der Waals surface area contributed by atoms with E-state index in [1.165, 1.54) is 24.5 Å². The molecule has 2 rings (SSSR count). The van der Waals surface area contributed by atoms with Crippen molar-refractivity contribution in [2.45, 2.75) is 27.2 Å². The minimum Gasteiger partial charge on any atom is -0.497 e. The fourth-order valence-corrected chi connectivity index (χ4v) is 2.71. The summed E-state index contributed by atoms with van der Waals surface area (Å²) in [5, 5.41) is 2.87. The van der Waals surface area contributed by atoms with E-state index in [4.69, 9.17) is 9.47 Å². The highest BCUT2D eigenvalue weighted by atomic mass is 16.5. The number of carbonyl (C=O) groups is 2. The van der Waals surface area contributed by atoms with Crippen LogP contribution in [-0.2, 0) is 9.59 Å². The van der Waals surface area contributed by atoms with Crippen LogP contribution in [-0.4, -0.2) is 32.6 Å². The highest BCUT2D eigenvalue weighted by molar-refractivity contribution is 5.96. The first-order chi connectivity index (χ1) is 12.8. The van der Waals surface area contributed by atoms with E-state index in [0.29, 0.717) is 17.2 Å². The molecule has 0 saturated heterocycles. The van der Waals surface area contributed by atoms with E-state index in [-0.39, 0.29) is 24.8 Å². The number of nitrogens with zero attached hydrogens (tertiary/aromatic N) is 1. The lowest BCUT2D eigenvalue weighted by Gasteiger charge is -2.23. The second kappa shape index (κ2) is 9.07. The van der Waals surface area contributed by atoms with Gasteiger partial charge in [0.05, 0.1) is 19.9 Å². The van der Waals surface area contributed by atoms with E-state index in [1.54, 1.807) is 25.3 Å². The summed E-state index contributed by atoms with van der Waals surface area (Å²) in [5.74, 6) is 0.820. The van der Waals surface area contributed by atoms with Gasteiger partial charge in [-0.25, -0.2) is 0 Å². The maximum absolute atomic E-state index is 12.3. The Balaban J connectivity index is 2.09. The van der Waals surface area contributed by atoms with E-state index in [0.717, 1.165) is 11.3 Å². The van der Waals surface area contributed by atoms with Gasteiger partial charge in [-0.3, -0.25) is 9.59 Å². The van der Waals surface area contributed by atoms with E-state index >= 15 is 0 Å². The van der Waals surface area contributed by atoms with Crippen LogP contribution in [0.1, 0.15) is 24.5 Å². The van der Waals surface area contributed by atoms with E-state index in [1.807, 2.05) is 32.0 Å². The van der Waals surface area contributed by atoms with Crippen molar-refractivity contribution in [3.05, 3.63) is 47.5 Å². The van der Waals surface area contributed by atoms with Crippen LogP contribution < -0.4 is 19.7 Å². The van der Waals surface area contributed by atoms with E-state index < -0.39 is 0 Å². The number of carbonyl (C=O) groups excluding carboxylic acids is 2. The molecule has 27 heavy (non-hydrogen) atoms. The Bertz CT molecular complexity index is 833. The average molecular weight is 370 g/mol. The van der Waals surface area contributed by atoms with Gasteiger partial charge in [0.15, 0.2) is 0 Å². The highest BCUT2D eigenvalue weighted by Crippen LogP contribution is 2.32. The SMILES string of the molecule is COc1ccc(N(CCC(=O)Nc2ccc(C)c(C)c2)C(C)=O)c(OC)c1. The number of rotatable bonds is 7. The molecule has 144 valence electrons. The van der Waals surface area contributed by atoms with Crippen LogP contribution >= 0.6 is 0 Å². The van der Waals surface area contributed by atoms with Crippen LogP contribution in [0.5, 0.6) is 11.5 Å². The van der Waals surface area contributed by atoms with Gasteiger partial charge in [0.1, 0.15) is 11.5 Å². The van der Waals surface area contributed by atoms with Gasteiger partial charge in [-0.15, -0.1) is 0 Å². The maximum Gasteiger partial charge on any atom is 0.226 e. The number of nitrogens with one attached hydrogen (secondary N) is 1. The monoisotopic (exact) mass is 370 g/mol. The highest BCUT2D eigenvalue weighted by Gasteiger charge is 2.18. The Hall–Kier alpha value is -3.02. The molecule has 2 aromatic carbocycles. The van der Waals surface area contributed by atoms with Crippen LogP contribution in [0.3, 0.4) is 0 Å². The molecule has 6 heteroatoms. The number of anilines is 2. The first-order valence-electron chi connectivity index (χ1n) is 8.73. The van der Waals surface area contributed by atoms with Crippen molar-refractivity contribution in [1.29, 1.82) is 0 Å². The molecular formula is C21H26N2O4. The second-order valence-electron chi connectivity index (χ2n) is 6.31. The number of aryl methyl sites for hydroxylation is 2. The minimum atomic E-state index is -0.169. The van der Waals surface area contributed by atoms with Crippen LogP contribution in [0, 0.1) is 13.8 Å². The largest absolute Gasteiger partial charge is 0.497 e. The molecule has 2 amide bonds. The Kier molecular flexibility index (Phi) is 6.82. The van der Waals surface area contributed by atoms with Crippen molar-refractivity contribution >= 4 is 23.2 Å². The molecule has 0 atom stereocenters. The Morgan fingerprint density at radius 3 is 2.33 bits per heavy atom. The van der Waals surface area contributed by atoms with Crippen molar-refractivity contribution in [1.82, 2.24) is 0 Å². The van der Waals surface area contributed by atoms with Gasteiger partial charge in [-0.05, 0) is 49.2 Å². The summed E-state index contributed by atoms with van der Waals surface area (Å²) in [6.45, 7) is 5.73. The third-order valence-electron chi connectivity index (χ3n) is 4.41. The number of benzene rings is 2. The summed E-state index contributed by atoms with van der Waals surface area (Å²) in [4.78, 5) is 26.0. The molecule has 0 heterocycles. The number of hydrogen-bond acceptors (Lipinski definition) is 4. The third kappa shape index (κ3) is 5.23. The van der Waals surface area contributed by atoms with Crippen LogP contribution in [0.2, 0.25) is 0 Å². The normalized spacial score (nSPS) is 10.3. The Morgan fingerprint density at radius 1 is 1.00 bits per heavy atom. The molecule has 6 nitrogen and oxygen atoms in total. The van der Waals surface area contributed by atoms with Gasteiger partial charge >= 0.3 is 0 Å². The van der Waals surface area contributed by atoms with Crippen LogP contribution in [0.4, 0.5) is 11.4 Å². The molecule has 0 aliphatic rings. The minimum absolute atomic E-state index is 0.156. The lowest BCUT2D eigenvalue weighted by molar-refractivity contribution is -0.117. The number of methoxy groups -OCH3 is 2. The zero-order chi connectivity index (χ0) is 20.0. The molecule has 0 bridgehead atoms.